The third-order valence-corrected chi connectivity index (χ3v) is 5.07. The molecule has 0 fully saturated rings. The molecule has 5 nitrogen and oxygen atoms in total. The van der Waals surface area contributed by atoms with Crippen LogP contribution in [-0.2, 0) is 4.74 Å². The van der Waals surface area contributed by atoms with Crippen molar-refractivity contribution in [3.63, 3.8) is 0 Å². The number of nitrogens with zero attached hydrogens (tertiary/aromatic N) is 2. The van der Waals surface area contributed by atoms with Crippen molar-refractivity contribution in [3.8, 4) is 5.75 Å². The van der Waals surface area contributed by atoms with Gasteiger partial charge in [0.15, 0.2) is 17.5 Å². The maximum absolute atomic E-state index is 13.9. The van der Waals surface area contributed by atoms with E-state index in [4.69, 9.17) is 9.73 Å². The third kappa shape index (κ3) is 8.35. The fourth-order valence-corrected chi connectivity index (χ4v) is 3.35. The van der Waals surface area contributed by atoms with Gasteiger partial charge in [0, 0.05) is 29.4 Å². The first-order valence-corrected chi connectivity index (χ1v) is 11.3. The van der Waals surface area contributed by atoms with Crippen LogP contribution in [0, 0.1) is 11.7 Å². The average molecular weight is 482 g/mol. The summed E-state index contributed by atoms with van der Waals surface area (Å²) in [7, 11) is 1.63. The number of aromatic nitrogens is 1. The summed E-state index contributed by atoms with van der Waals surface area (Å²) < 4.78 is 60.1. The van der Waals surface area contributed by atoms with Gasteiger partial charge in [-0.1, -0.05) is 39.7 Å². The number of nitrogens with one attached hydrogen (secondary N) is 1. The molecule has 1 atom stereocenters. The van der Waals surface area contributed by atoms with Crippen molar-refractivity contribution in [1.29, 1.82) is 0 Å². The Hall–Kier alpha value is -3.10. The largest absolute Gasteiger partial charge is 0.573 e. The number of alkyl halides is 3. The highest BCUT2D eigenvalue weighted by molar-refractivity contribution is 5.85. The first-order valence-electron chi connectivity index (χ1n) is 11.3. The lowest BCUT2D eigenvalue weighted by atomic mass is 9.99. The van der Waals surface area contributed by atoms with E-state index in [1.165, 1.54) is 6.07 Å². The normalized spacial score (nSPS) is 13.5. The van der Waals surface area contributed by atoms with Crippen LogP contribution in [0.2, 0.25) is 0 Å². The lowest BCUT2D eigenvalue weighted by Gasteiger charge is -2.17. The lowest BCUT2D eigenvalue weighted by molar-refractivity contribution is -0.275. The van der Waals surface area contributed by atoms with Crippen molar-refractivity contribution in [2.75, 3.05) is 12.4 Å². The monoisotopic (exact) mass is 481 g/mol. The van der Waals surface area contributed by atoms with Crippen LogP contribution in [0.3, 0.4) is 0 Å². The molecule has 0 saturated heterocycles. The van der Waals surface area contributed by atoms with Crippen LogP contribution in [0.25, 0.3) is 5.70 Å². The predicted molar refractivity (Wildman–Crippen MR) is 127 cm³/mol. The van der Waals surface area contributed by atoms with Crippen LogP contribution in [0.1, 0.15) is 58.4 Å². The molecule has 0 amide bonds. The van der Waals surface area contributed by atoms with E-state index in [-0.39, 0.29) is 11.6 Å². The minimum absolute atomic E-state index is 0.234. The van der Waals surface area contributed by atoms with Crippen molar-refractivity contribution >= 4 is 23.1 Å². The van der Waals surface area contributed by atoms with Gasteiger partial charge in [-0.05, 0) is 43.5 Å². The number of aliphatic imine (C=N–C) groups is 1. The first kappa shape index (κ1) is 27.1. The van der Waals surface area contributed by atoms with Crippen LogP contribution in [0.4, 0.5) is 29.1 Å². The van der Waals surface area contributed by atoms with E-state index < -0.39 is 17.9 Å². The van der Waals surface area contributed by atoms with Crippen LogP contribution < -0.4 is 10.1 Å². The molecule has 0 saturated carbocycles. The third-order valence-electron chi connectivity index (χ3n) is 5.07. The Bertz CT molecular complexity index is 973. The van der Waals surface area contributed by atoms with E-state index >= 15 is 0 Å². The predicted octanol–water partition coefficient (Wildman–Crippen LogP) is 7.88. The van der Waals surface area contributed by atoms with E-state index in [1.807, 2.05) is 19.1 Å². The number of unbranched alkanes of at least 4 members (excludes halogenated alkanes) is 1. The summed E-state index contributed by atoms with van der Waals surface area (Å²) >= 11 is 0. The zero-order valence-electron chi connectivity index (χ0n) is 19.9. The van der Waals surface area contributed by atoms with E-state index in [1.54, 1.807) is 19.4 Å². The van der Waals surface area contributed by atoms with Gasteiger partial charge in [-0.25, -0.2) is 14.4 Å². The van der Waals surface area contributed by atoms with Gasteiger partial charge in [0.25, 0.3) is 0 Å². The number of allylic oxidation sites excluding steroid dienone is 1. The zero-order valence-corrected chi connectivity index (χ0v) is 19.9. The molecule has 0 unspecified atom stereocenters. The number of rotatable bonds is 11. The summed E-state index contributed by atoms with van der Waals surface area (Å²) in [4.78, 5) is 9.12. The molecule has 2 aromatic rings. The van der Waals surface area contributed by atoms with Crippen molar-refractivity contribution in [2.45, 2.75) is 59.2 Å². The Kier molecular flexibility index (Phi) is 10.3. The quantitative estimate of drug-likeness (QED) is 0.202. The number of hydrogen-bond donors (Lipinski definition) is 1. The SMILES string of the molecule is CC/C=C(/N=C(\OC)[C@@H](CC)CCCC)c1ccc(Nc2ccc(OC(F)(F)F)c(F)c2)nc1. The van der Waals surface area contributed by atoms with Gasteiger partial charge < -0.3 is 14.8 Å². The molecule has 0 aliphatic rings. The maximum Gasteiger partial charge on any atom is 0.573 e. The molecule has 2 rings (SSSR count). The molecule has 0 bridgehead atoms. The van der Waals surface area contributed by atoms with Crippen molar-refractivity contribution in [1.82, 2.24) is 4.98 Å². The summed E-state index contributed by atoms with van der Waals surface area (Å²) in [5.41, 5.74) is 1.76. The second kappa shape index (κ2) is 13.0. The Morgan fingerprint density at radius 1 is 1.18 bits per heavy atom. The van der Waals surface area contributed by atoms with Crippen LogP contribution in [0.5, 0.6) is 5.75 Å². The fraction of sp³-hybridized carbons (Fsp3) is 0.440. The molecular weight excluding hydrogens is 450 g/mol. The number of hydrogen-bond acceptors (Lipinski definition) is 5. The highest BCUT2D eigenvalue weighted by Crippen LogP contribution is 2.29. The highest BCUT2D eigenvalue weighted by Gasteiger charge is 2.32. The topological polar surface area (TPSA) is 55.7 Å². The number of ether oxygens (including phenoxy) is 2. The van der Waals surface area contributed by atoms with Crippen molar-refractivity contribution in [2.24, 2.45) is 10.9 Å². The van der Waals surface area contributed by atoms with Gasteiger partial charge >= 0.3 is 6.36 Å². The molecule has 1 aromatic carbocycles. The Labute approximate surface area is 197 Å². The Balaban J connectivity index is 2.20. The molecule has 186 valence electrons. The molecule has 0 aliphatic carbocycles. The second-order valence-corrected chi connectivity index (χ2v) is 7.65. The number of anilines is 2. The minimum Gasteiger partial charge on any atom is -0.484 e. The van der Waals surface area contributed by atoms with Crippen molar-refractivity contribution in [3.05, 3.63) is 54.0 Å². The summed E-state index contributed by atoms with van der Waals surface area (Å²) in [5, 5.41) is 2.87. The van der Waals surface area contributed by atoms with E-state index in [2.05, 4.69) is 28.9 Å². The number of halogens is 4. The zero-order chi connectivity index (χ0) is 25.1. The van der Waals surface area contributed by atoms with Crippen LogP contribution in [-0.4, -0.2) is 24.4 Å². The highest BCUT2D eigenvalue weighted by atomic mass is 19.4. The molecule has 9 heteroatoms. The summed E-state index contributed by atoms with van der Waals surface area (Å²) in [6.45, 7) is 6.28. The molecule has 1 aromatic heterocycles. The fourth-order valence-electron chi connectivity index (χ4n) is 3.35. The van der Waals surface area contributed by atoms with Crippen LogP contribution >= 0.6 is 0 Å². The van der Waals surface area contributed by atoms with E-state index in [9.17, 15) is 17.6 Å². The van der Waals surface area contributed by atoms with E-state index in [0.717, 1.165) is 55.5 Å². The van der Waals surface area contributed by atoms with Gasteiger partial charge in [-0.3, -0.25) is 0 Å². The Morgan fingerprint density at radius 3 is 2.47 bits per heavy atom. The maximum atomic E-state index is 13.9. The van der Waals surface area contributed by atoms with E-state index in [0.29, 0.717) is 11.7 Å². The molecule has 1 heterocycles. The van der Waals surface area contributed by atoms with Gasteiger partial charge in [-0.2, -0.15) is 0 Å². The van der Waals surface area contributed by atoms with Gasteiger partial charge in [0.1, 0.15) is 5.82 Å². The molecule has 34 heavy (non-hydrogen) atoms. The van der Waals surface area contributed by atoms with Crippen molar-refractivity contribution < 1.29 is 27.0 Å². The number of benzene rings is 1. The average Bonchev–Trinajstić information content (AvgIpc) is 2.79. The molecule has 1 N–H and O–H groups in total. The smallest absolute Gasteiger partial charge is 0.484 e. The second-order valence-electron chi connectivity index (χ2n) is 7.65. The molecule has 0 aliphatic heterocycles. The molecule has 0 radical (unpaired) electrons. The standard InChI is InChI=1S/C25H31F4N3O2/c1-5-8-10-17(7-3)24(33-4)32-21(9-6-2)18-11-14-23(30-16-18)31-19-12-13-22(20(26)15-19)34-25(27,28)29/h9,11-17H,5-8,10H2,1-4H3,(H,30,31)/b21-9+,32-24-/t17-/m0/s1. The van der Waals surface area contributed by atoms with Gasteiger partial charge in [0.05, 0.1) is 12.8 Å². The van der Waals surface area contributed by atoms with Crippen LogP contribution in [0.15, 0.2) is 47.6 Å². The number of pyridine rings is 1. The summed E-state index contributed by atoms with van der Waals surface area (Å²) in [6.07, 6.45) is 3.56. The van der Waals surface area contributed by atoms with Gasteiger partial charge in [-0.15, -0.1) is 13.2 Å². The first-order chi connectivity index (χ1) is 16.2. The molecule has 0 spiro atoms. The lowest BCUT2D eigenvalue weighted by Crippen LogP contribution is -2.17. The summed E-state index contributed by atoms with van der Waals surface area (Å²) in [5.74, 6) is -0.712. The Morgan fingerprint density at radius 2 is 1.94 bits per heavy atom. The summed E-state index contributed by atoms with van der Waals surface area (Å²) in [6, 6.07) is 6.60. The minimum atomic E-state index is -4.96. The van der Waals surface area contributed by atoms with Gasteiger partial charge in [0.2, 0.25) is 0 Å². The number of methoxy groups -OCH3 is 1. The molecular formula is C25H31F4N3O2.